The summed E-state index contributed by atoms with van der Waals surface area (Å²) in [6.45, 7) is 7.55. The van der Waals surface area contributed by atoms with Gasteiger partial charge in [-0.3, -0.25) is 9.52 Å². The van der Waals surface area contributed by atoms with E-state index in [1.165, 1.54) is 12.1 Å². The number of carbonyl (C=O) groups excluding carboxylic acids is 2. The zero-order valence-electron chi connectivity index (χ0n) is 23.4. The summed E-state index contributed by atoms with van der Waals surface area (Å²) in [4.78, 5) is 27.1. The van der Waals surface area contributed by atoms with Gasteiger partial charge < -0.3 is 30.5 Å². The number of ether oxygens (including phenoxy) is 1. The number of aliphatic hydroxyl groups is 1. The van der Waals surface area contributed by atoms with Crippen molar-refractivity contribution in [1.82, 2.24) is 10.6 Å². The molecule has 1 saturated heterocycles. The van der Waals surface area contributed by atoms with Gasteiger partial charge in [0.05, 0.1) is 24.7 Å². The number of hydrogen-bond acceptors (Lipinski definition) is 9. The van der Waals surface area contributed by atoms with Crippen molar-refractivity contribution >= 4 is 33.3 Å². The molecule has 3 rings (SSSR count). The molecule has 220 valence electrons. The molecule has 0 saturated carbocycles. The molecule has 40 heavy (non-hydrogen) atoms. The van der Waals surface area contributed by atoms with Gasteiger partial charge in [0.25, 0.3) is 5.91 Å². The van der Waals surface area contributed by atoms with Crippen molar-refractivity contribution in [2.45, 2.75) is 51.8 Å². The van der Waals surface area contributed by atoms with Crippen molar-refractivity contribution in [2.24, 2.45) is 5.92 Å². The Morgan fingerprint density at radius 2 is 1.75 bits per heavy atom. The van der Waals surface area contributed by atoms with Gasteiger partial charge in [-0.05, 0) is 67.6 Å². The quantitative estimate of drug-likeness (QED) is 0.189. The predicted molar refractivity (Wildman–Crippen MR) is 154 cm³/mol. The fourth-order valence-electron chi connectivity index (χ4n) is 4.56. The molecule has 0 spiro atoms. The SMILES string of the molecule is CCOC(=O)[C@@H](NC(=O)c1ccc(N2CCC(NC[C@H](O)c3ccc(O)c(NS(C)(=O)=O)c3)CC2)cc1)C(C)C. The normalized spacial score (nSPS) is 15.9. The number of aromatic hydroxyl groups is 1. The van der Waals surface area contributed by atoms with Crippen LogP contribution in [0.15, 0.2) is 42.5 Å². The fraction of sp³-hybridized carbons (Fsp3) is 0.500. The maximum atomic E-state index is 12.7. The van der Waals surface area contributed by atoms with Gasteiger partial charge in [-0.2, -0.15) is 0 Å². The molecule has 0 aromatic heterocycles. The molecule has 2 aromatic carbocycles. The summed E-state index contributed by atoms with van der Waals surface area (Å²) in [6, 6.07) is 11.1. The fourth-order valence-corrected chi connectivity index (χ4v) is 5.12. The molecule has 5 N–H and O–H groups in total. The van der Waals surface area contributed by atoms with Crippen LogP contribution < -0.4 is 20.3 Å². The molecule has 12 heteroatoms. The van der Waals surface area contributed by atoms with Gasteiger partial charge in [0.1, 0.15) is 11.8 Å². The molecule has 2 aromatic rings. The number of piperidine rings is 1. The van der Waals surface area contributed by atoms with Gasteiger partial charge in [0.2, 0.25) is 10.0 Å². The van der Waals surface area contributed by atoms with Crippen LogP contribution in [0.1, 0.15) is 55.6 Å². The number of carbonyl (C=O) groups is 2. The topological polar surface area (TPSA) is 157 Å². The maximum absolute atomic E-state index is 12.7. The monoisotopic (exact) mass is 576 g/mol. The van der Waals surface area contributed by atoms with E-state index in [0.29, 0.717) is 11.1 Å². The summed E-state index contributed by atoms with van der Waals surface area (Å²) in [5, 5.41) is 26.7. The first-order chi connectivity index (χ1) is 18.9. The summed E-state index contributed by atoms with van der Waals surface area (Å²) in [5.74, 6) is -1.09. The average Bonchev–Trinajstić information content (AvgIpc) is 2.91. The maximum Gasteiger partial charge on any atom is 0.328 e. The number of sulfonamides is 1. The van der Waals surface area contributed by atoms with Crippen LogP contribution in [0.25, 0.3) is 0 Å². The number of hydrogen-bond donors (Lipinski definition) is 5. The number of benzene rings is 2. The van der Waals surface area contributed by atoms with Crippen LogP contribution in [0.3, 0.4) is 0 Å². The minimum atomic E-state index is -3.57. The van der Waals surface area contributed by atoms with Crippen LogP contribution in [-0.2, 0) is 19.6 Å². The molecule has 11 nitrogen and oxygen atoms in total. The smallest absolute Gasteiger partial charge is 0.328 e. The highest BCUT2D eigenvalue weighted by Gasteiger charge is 2.26. The number of phenols is 1. The summed E-state index contributed by atoms with van der Waals surface area (Å²) in [7, 11) is -3.57. The van der Waals surface area contributed by atoms with Crippen molar-refractivity contribution in [1.29, 1.82) is 0 Å². The third-order valence-corrected chi connectivity index (χ3v) is 7.37. The highest BCUT2D eigenvalue weighted by atomic mass is 32.2. The molecule has 1 amide bonds. The summed E-state index contributed by atoms with van der Waals surface area (Å²) in [6.07, 6.45) is 1.81. The van der Waals surface area contributed by atoms with Crippen molar-refractivity contribution in [3.8, 4) is 5.75 Å². The van der Waals surface area contributed by atoms with E-state index in [4.69, 9.17) is 4.74 Å². The van der Waals surface area contributed by atoms with Crippen molar-refractivity contribution in [3.05, 3.63) is 53.6 Å². The van der Waals surface area contributed by atoms with E-state index in [9.17, 15) is 28.2 Å². The van der Waals surface area contributed by atoms with Gasteiger partial charge in [0.15, 0.2) is 0 Å². The average molecular weight is 577 g/mol. The van der Waals surface area contributed by atoms with Crippen LogP contribution in [-0.4, -0.2) is 75.1 Å². The minimum absolute atomic E-state index is 0.0228. The lowest BCUT2D eigenvalue weighted by molar-refractivity contribution is -0.146. The number of rotatable bonds is 12. The molecule has 1 aliphatic heterocycles. The first kappa shape index (κ1) is 31.2. The lowest BCUT2D eigenvalue weighted by Crippen LogP contribution is -2.45. The van der Waals surface area contributed by atoms with E-state index in [2.05, 4.69) is 20.3 Å². The van der Waals surface area contributed by atoms with Crippen LogP contribution in [0, 0.1) is 5.92 Å². The van der Waals surface area contributed by atoms with Crippen molar-refractivity contribution < 1.29 is 33.0 Å². The highest BCUT2D eigenvalue weighted by molar-refractivity contribution is 7.92. The Kier molecular flexibility index (Phi) is 10.8. The Bertz CT molecular complexity index is 1260. The Hall–Kier alpha value is -3.35. The van der Waals surface area contributed by atoms with Gasteiger partial charge in [0, 0.05) is 36.9 Å². The van der Waals surface area contributed by atoms with E-state index in [0.717, 1.165) is 37.9 Å². The number of phenolic OH excluding ortho intramolecular Hbond substituents is 1. The zero-order chi connectivity index (χ0) is 29.4. The molecular weight excluding hydrogens is 536 g/mol. The molecule has 1 aliphatic rings. The Labute approximate surface area is 236 Å². The summed E-state index contributed by atoms with van der Waals surface area (Å²) >= 11 is 0. The number of anilines is 2. The second-order valence-corrected chi connectivity index (χ2v) is 12.1. The van der Waals surface area contributed by atoms with E-state index >= 15 is 0 Å². The first-order valence-electron chi connectivity index (χ1n) is 13.4. The number of aliphatic hydroxyl groups excluding tert-OH is 1. The number of nitrogens with zero attached hydrogens (tertiary/aromatic N) is 1. The van der Waals surface area contributed by atoms with Gasteiger partial charge in [-0.1, -0.05) is 19.9 Å². The molecule has 2 atom stereocenters. The third kappa shape index (κ3) is 8.83. The van der Waals surface area contributed by atoms with Crippen molar-refractivity contribution in [3.63, 3.8) is 0 Å². The number of amides is 1. The predicted octanol–water partition coefficient (Wildman–Crippen LogP) is 2.37. The minimum Gasteiger partial charge on any atom is -0.506 e. The lowest BCUT2D eigenvalue weighted by atomic mass is 10.0. The van der Waals surface area contributed by atoms with Gasteiger partial charge >= 0.3 is 5.97 Å². The summed E-state index contributed by atoms with van der Waals surface area (Å²) < 4.78 is 30.3. The second-order valence-electron chi connectivity index (χ2n) is 10.3. The van der Waals surface area contributed by atoms with Crippen LogP contribution in [0.5, 0.6) is 5.75 Å². The lowest BCUT2D eigenvalue weighted by Gasteiger charge is -2.34. The second kappa shape index (κ2) is 13.8. The highest BCUT2D eigenvalue weighted by Crippen LogP contribution is 2.28. The van der Waals surface area contributed by atoms with Crippen LogP contribution in [0.2, 0.25) is 0 Å². The molecule has 0 bridgehead atoms. The Morgan fingerprint density at radius 1 is 1.10 bits per heavy atom. The zero-order valence-corrected chi connectivity index (χ0v) is 24.2. The molecular formula is C28H40N4O7S. The van der Waals surface area contributed by atoms with E-state index in [-0.39, 0.29) is 42.5 Å². The van der Waals surface area contributed by atoms with Crippen LogP contribution in [0.4, 0.5) is 11.4 Å². The van der Waals surface area contributed by atoms with E-state index in [1.807, 2.05) is 26.0 Å². The van der Waals surface area contributed by atoms with Crippen LogP contribution >= 0.6 is 0 Å². The van der Waals surface area contributed by atoms with E-state index in [1.54, 1.807) is 25.1 Å². The Morgan fingerprint density at radius 3 is 2.33 bits per heavy atom. The summed E-state index contributed by atoms with van der Waals surface area (Å²) in [5.41, 5.74) is 1.97. The first-order valence-corrected chi connectivity index (χ1v) is 15.3. The number of nitrogens with one attached hydrogen (secondary N) is 3. The van der Waals surface area contributed by atoms with Crippen molar-refractivity contribution in [2.75, 3.05) is 42.1 Å². The molecule has 0 unspecified atom stereocenters. The van der Waals surface area contributed by atoms with E-state index < -0.39 is 28.1 Å². The van der Waals surface area contributed by atoms with Gasteiger partial charge in [-0.15, -0.1) is 0 Å². The Balaban J connectivity index is 1.50. The standard InChI is InChI=1S/C28H40N4O7S/c1-5-39-28(36)26(18(2)3)30-27(35)19-6-9-22(10-7-19)32-14-12-21(13-15-32)29-17-25(34)20-8-11-24(33)23(16-20)31-40(4,37)38/h6-11,16,18,21,25-26,29,31,33-34H,5,12-15,17H2,1-4H3,(H,30,35)/t25-,26-/m0/s1. The number of esters is 1. The molecule has 1 fully saturated rings. The van der Waals surface area contributed by atoms with Gasteiger partial charge in [-0.25, -0.2) is 13.2 Å². The molecule has 1 heterocycles. The largest absolute Gasteiger partial charge is 0.506 e. The molecule has 0 aliphatic carbocycles. The third-order valence-electron chi connectivity index (χ3n) is 6.78. The molecule has 0 radical (unpaired) electrons.